The molecule has 1 unspecified atom stereocenters. The van der Waals surface area contributed by atoms with Gasteiger partial charge in [-0.05, 0) is 37.5 Å². The smallest absolute Gasteiger partial charge is 0.137 e. The molecular weight excluding hydrogens is 202 g/mol. The van der Waals surface area contributed by atoms with E-state index >= 15 is 0 Å². The Kier molecular flexibility index (Phi) is 4.99. The minimum absolute atomic E-state index is 0.168. The van der Waals surface area contributed by atoms with E-state index in [0.29, 0.717) is 12.8 Å². The molecule has 0 bridgehead atoms. The summed E-state index contributed by atoms with van der Waals surface area (Å²) in [6.45, 7) is 1.95. The molecule has 1 aromatic carbocycles. The SMILES string of the molecule is CC(N)CCCC(=O)Cc1ccc(O)cc1. The molecule has 0 aliphatic rings. The summed E-state index contributed by atoms with van der Waals surface area (Å²) >= 11 is 0. The lowest BCUT2D eigenvalue weighted by molar-refractivity contribution is -0.118. The lowest BCUT2D eigenvalue weighted by Gasteiger charge is -2.04. The van der Waals surface area contributed by atoms with Crippen LogP contribution in [0.1, 0.15) is 31.7 Å². The lowest BCUT2D eigenvalue weighted by Crippen LogP contribution is -2.15. The average Bonchev–Trinajstić information content (AvgIpc) is 2.21. The number of benzene rings is 1. The zero-order valence-corrected chi connectivity index (χ0v) is 9.65. The first-order chi connectivity index (χ1) is 7.58. The summed E-state index contributed by atoms with van der Waals surface area (Å²) in [6.07, 6.45) is 2.78. The van der Waals surface area contributed by atoms with Crippen LogP contribution < -0.4 is 5.73 Å². The second-order valence-corrected chi connectivity index (χ2v) is 4.25. The summed E-state index contributed by atoms with van der Waals surface area (Å²) in [5.74, 6) is 0.458. The van der Waals surface area contributed by atoms with Crippen LogP contribution in [0.4, 0.5) is 0 Å². The second-order valence-electron chi connectivity index (χ2n) is 4.25. The third-order valence-electron chi connectivity index (χ3n) is 2.45. The molecule has 1 atom stereocenters. The highest BCUT2D eigenvalue weighted by atomic mass is 16.3. The summed E-state index contributed by atoms with van der Waals surface area (Å²) in [5, 5.41) is 9.09. The predicted molar refractivity (Wildman–Crippen MR) is 64.3 cm³/mol. The Labute approximate surface area is 96.3 Å². The first-order valence-electron chi connectivity index (χ1n) is 5.63. The highest BCUT2D eigenvalue weighted by Crippen LogP contribution is 2.11. The molecule has 0 aromatic heterocycles. The van der Waals surface area contributed by atoms with E-state index in [4.69, 9.17) is 10.8 Å². The van der Waals surface area contributed by atoms with E-state index in [0.717, 1.165) is 18.4 Å². The van der Waals surface area contributed by atoms with E-state index < -0.39 is 0 Å². The van der Waals surface area contributed by atoms with E-state index in [1.165, 1.54) is 0 Å². The van der Waals surface area contributed by atoms with Crippen molar-refractivity contribution >= 4 is 5.78 Å². The number of nitrogens with two attached hydrogens (primary N) is 1. The molecule has 88 valence electrons. The van der Waals surface area contributed by atoms with Crippen molar-refractivity contribution in [3.63, 3.8) is 0 Å². The number of ketones is 1. The number of rotatable bonds is 6. The monoisotopic (exact) mass is 221 g/mol. The molecule has 3 nitrogen and oxygen atoms in total. The van der Waals surface area contributed by atoms with Crippen molar-refractivity contribution in [2.75, 3.05) is 0 Å². The average molecular weight is 221 g/mol. The minimum Gasteiger partial charge on any atom is -0.508 e. The molecule has 0 saturated carbocycles. The number of Topliss-reactive ketones (excluding diaryl/α,β-unsaturated/α-hetero) is 1. The van der Waals surface area contributed by atoms with Gasteiger partial charge in [0, 0.05) is 18.9 Å². The van der Waals surface area contributed by atoms with Crippen LogP contribution in [0.25, 0.3) is 0 Å². The summed E-state index contributed by atoms with van der Waals surface area (Å²) in [6, 6.07) is 6.92. The normalized spacial score (nSPS) is 12.4. The van der Waals surface area contributed by atoms with Crippen LogP contribution in [0, 0.1) is 0 Å². The zero-order chi connectivity index (χ0) is 12.0. The molecule has 1 rings (SSSR count). The fraction of sp³-hybridized carbons (Fsp3) is 0.462. The maximum absolute atomic E-state index is 11.6. The van der Waals surface area contributed by atoms with Crippen molar-refractivity contribution in [3.05, 3.63) is 29.8 Å². The standard InChI is InChI=1S/C13H19NO2/c1-10(14)3-2-4-13(16)9-11-5-7-12(15)8-6-11/h5-8,10,15H,2-4,9,14H2,1H3. The molecule has 3 N–H and O–H groups in total. The van der Waals surface area contributed by atoms with Gasteiger partial charge in [0.1, 0.15) is 11.5 Å². The van der Waals surface area contributed by atoms with E-state index in [-0.39, 0.29) is 17.6 Å². The lowest BCUT2D eigenvalue weighted by atomic mass is 10.0. The Balaban J connectivity index is 2.31. The summed E-state index contributed by atoms with van der Waals surface area (Å²) in [5.41, 5.74) is 6.56. The first-order valence-corrected chi connectivity index (χ1v) is 5.63. The van der Waals surface area contributed by atoms with Crippen LogP contribution >= 0.6 is 0 Å². The third kappa shape index (κ3) is 4.94. The molecule has 0 radical (unpaired) electrons. The van der Waals surface area contributed by atoms with Gasteiger partial charge in [-0.2, -0.15) is 0 Å². The number of carbonyl (C=O) groups excluding carboxylic acids is 1. The molecule has 16 heavy (non-hydrogen) atoms. The fourth-order valence-corrected chi connectivity index (χ4v) is 1.55. The molecule has 0 aliphatic carbocycles. The summed E-state index contributed by atoms with van der Waals surface area (Å²) in [7, 11) is 0. The maximum Gasteiger partial charge on any atom is 0.137 e. The number of aromatic hydroxyl groups is 1. The number of hydrogen-bond acceptors (Lipinski definition) is 3. The third-order valence-corrected chi connectivity index (χ3v) is 2.45. The number of phenolic OH excluding ortho intramolecular Hbond substituents is 1. The van der Waals surface area contributed by atoms with Gasteiger partial charge in [0.15, 0.2) is 0 Å². The van der Waals surface area contributed by atoms with Gasteiger partial charge in [0.05, 0.1) is 0 Å². The molecule has 0 heterocycles. The molecular formula is C13H19NO2. The first kappa shape index (κ1) is 12.7. The van der Waals surface area contributed by atoms with E-state index in [2.05, 4.69) is 0 Å². The highest BCUT2D eigenvalue weighted by Gasteiger charge is 2.04. The van der Waals surface area contributed by atoms with Gasteiger partial charge in [-0.25, -0.2) is 0 Å². The van der Waals surface area contributed by atoms with Crippen LogP contribution in [0.5, 0.6) is 5.75 Å². The van der Waals surface area contributed by atoms with Gasteiger partial charge >= 0.3 is 0 Å². The Morgan fingerprint density at radius 2 is 2.00 bits per heavy atom. The van der Waals surface area contributed by atoms with Gasteiger partial charge in [0.25, 0.3) is 0 Å². The van der Waals surface area contributed by atoms with Gasteiger partial charge in [-0.3, -0.25) is 4.79 Å². The minimum atomic E-state index is 0.168. The number of carbonyl (C=O) groups is 1. The van der Waals surface area contributed by atoms with Crippen molar-refractivity contribution in [2.24, 2.45) is 5.73 Å². The molecule has 0 aliphatic heterocycles. The Bertz CT molecular complexity index is 330. The van der Waals surface area contributed by atoms with Gasteiger partial charge < -0.3 is 10.8 Å². The molecule has 0 spiro atoms. The Morgan fingerprint density at radius 1 is 1.38 bits per heavy atom. The van der Waals surface area contributed by atoms with Crippen LogP contribution in [0.15, 0.2) is 24.3 Å². The molecule has 0 fully saturated rings. The van der Waals surface area contributed by atoms with E-state index in [1.807, 2.05) is 6.92 Å². The van der Waals surface area contributed by atoms with Crippen molar-refractivity contribution in [1.29, 1.82) is 0 Å². The summed E-state index contributed by atoms with van der Waals surface area (Å²) < 4.78 is 0. The molecule has 0 saturated heterocycles. The van der Waals surface area contributed by atoms with Gasteiger partial charge in [-0.1, -0.05) is 12.1 Å². The van der Waals surface area contributed by atoms with Crippen molar-refractivity contribution < 1.29 is 9.90 Å². The van der Waals surface area contributed by atoms with Gasteiger partial charge in [0.2, 0.25) is 0 Å². The predicted octanol–water partition coefficient (Wildman–Crippen LogP) is 2.02. The zero-order valence-electron chi connectivity index (χ0n) is 9.65. The van der Waals surface area contributed by atoms with Crippen LogP contribution in [-0.2, 0) is 11.2 Å². The Hall–Kier alpha value is -1.35. The largest absolute Gasteiger partial charge is 0.508 e. The van der Waals surface area contributed by atoms with Crippen molar-refractivity contribution in [2.45, 2.75) is 38.6 Å². The topological polar surface area (TPSA) is 63.3 Å². The quantitative estimate of drug-likeness (QED) is 0.772. The van der Waals surface area contributed by atoms with Gasteiger partial charge in [-0.15, -0.1) is 0 Å². The van der Waals surface area contributed by atoms with Crippen molar-refractivity contribution in [1.82, 2.24) is 0 Å². The van der Waals surface area contributed by atoms with Crippen LogP contribution in [0.2, 0.25) is 0 Å². The van der Waals surface area contributed by atoms with Crippen LogP contribution in [0.3, 0.4) is 0 Å². The molecule has 1 aromatic rings. The fourth-order valence-electron chi connectivity index (χ4n) is 1.55. The summed E-state index contributed by atoms with van der Waals surface area (Å²) in [4.78, 5) is 11.6. The highest BCUT2D eigenvalue weighted by molar-refractivity contribution is 5.80. The van der Waals surface area contributed by atoms with E-state index in [9.17, 15) is 4.79 Å². The van der Waals surface area contributed by atoms with Crippen molar-refractivity contribution in [3.8, 4) is 5.75 Å². The maximum atomic E-state index is 11.6. The van der Waals surface area contributed by atoms with E-state index in [1.54, 1.807) is 24.3 Å². The van der Waals surface area contributed by atoms with Crippen LogP contribution in [-0.4, -0.2) is 16.9 Å². The second kappa shape index (κ2) is 6.28. The molecule has 3 heteroatoms. The number of phenols is 1. The number of hydrogen-bond donors (Lipinski definition) is 2. The Morgan fingerprint density at radius 3 is 2.56 bits per heavy atom. The molecule has 0 amide bonds.